The molecule has 0 aliphatic carbocycles. The minimum atomic E-state index is 0.698. The predicted octanol–water partition coefficient (Wildman–Crippen LogP) is 3.55. The smallest absolute Gasteiger partial charge is 0.0883 e. The zero-order valence-corrected chi connectivity index (χ0v) is 7.25. The first kappa shape index (κ1) is 7.43. The molecule has 0 saturated heterocycles. The Morgan fingerprint density at radius 3 is 3.00 bits per heavy atom. The van der Waals surface area contributed by atoms with Crippen LogP contribution in [0.3, 0.4) is 0 Å². The van der Waals surface area contributed by atoms with Gasteiger partial charge in [-0.05, 0) is 28.5 Å². The maximum atomic E-state index is 5.07. The Morgan fingerprint density at radius 1 is 1.33 bits per heavy atom. The van der Waals surface area contributed by atoms with Gasteiger partial charge in [-0.1, -0.05) is 12.6 Å². The summed E-state index contributed by atoms with van der Waals surface area (Å²) in [4.78, 5) is 1.26. The molecule has 0 atom stereocenters. The fraction of sp³-hybridized carbons (Fsp3) is 0.111. The van der Waals surface area contributed by atoms with Gasteiger partial charge in [0.15, 0.2) is 0 Å². The fourth-order valence-corrected chi connectivity index (χ4v) is 1.55. The highest BCUT2D eigenvalue weighted by molar-refractivity contribution is 7.09. The van der Waals surface area contributed by atoms with E-state index < -0.39 is 0 Å². The van der Waals surface area contributed by atoms with Gasteiger partial charge >= 0.3 is 0 Å². The molecule has 0 saturated carbocycles. The van der Waals surface area contributed by atoms with E-state index in [0.29, 0.717) is 12.4 Å². The van der Waals surface area contributed by atoms with E-state index in [-0.39, 0.29) is 0 Å². The summed E-state index contributed by atoms with van der Waals surface area (Å²) >= 11 is 1.71. The average molecular weight is 178 g/mol. The van der Waals surface area contributed by atoms with E-state index >= 15 is 0 Å². The molecule has 0 aliphatic heterocycles. The Hall–Kier alpha value is -1.22. The molecule has 2 aromatic rings. The summed E-state index contributed by atoms with van der Waals surface area (Å²) in [5, 5.41) is 6.30. The van der Waals surface area contributed by atoms with Gasteiger partial charge in [0, 0.05) is 5.88 Å². The molecule has 0 bridgehead atoms. The molecular formula is C9H8NOS-. The summed E-state index contributed by atoms with van der Waals surface area (Å²) in [7, 11) is 0. The summed E-state index contributed by atoms with van der Waals surface area (Å²) in [5.41, 5.74) is 0. The lowest BCUT2D eigenvalue weighted by Gasteiger charge is -2.14. The van der Waals surface area contributed by atoms with Crippen molar-refractivity contribution in [3.05, 3.63) is 46.1 Å². The SMILES string of the molecule is c1coc([N-]Cc2cccs2)c1. The molecular weight excluding hydrogens is 170 g/mol. The maximum absolute atomic E-state index is 5.07. The van der Waals surface area contributed by atoms with Gasteiger partial charge in [0.05, 0.1) is 6.26 Å². The summed E-state index contributed by atoms with van der Waals surface area (Å²) in [6, 6.07) is 7.79. The fourth-order valence-electron chi connectivity index (χ4n) is 0.918. The Kier molecular flexibility index (Phi) is 2.14. The third-order valence-electron chi connectivity index (χ3n) is 1.48. The van der Waals surface area contributed by atoms with E-state index in [1.165, 1.54) is 4.88 Å². The molecule has 2 rings (SSSR count). The highest BCUT2D eigenvalue weighted by Gasteiger charge is 1.85. The zero-order chi connectivity index (χ0) is 8.23. The first-order chi connectivity index (χ1) is 5.95. The van der Waals surface area contributed by atoms with Crippen molar-refractivity contribution in [2.45, 2.75) is 6.54 Å². The van der Waals surface area contributed by atoms with E-state index in [1.807, 2.05) is 23.6 Å². The van der Waals surface area contributed by atoms with Crippen molar-refractivity contribution in [2.24, 2.45) is 0 Å². The van der Waals surface area contributed by atoms with E-state index in [9.17, 15) is 0 Å². The molecule has 0 amide bonds. The molecule has 0 radical (unpaired) electrons. The van der Waals surface area contributed by atoms with Crippen LogP contribution in [-0.4, -0.2) is 0 Å². The van der Waals surface area contributed by atoms with Crippen molar-refractivity contribution in [2.75, 3.05) is 0 Å². The molecule has 2 heterocycles. The van der Waals surface area contributed by atoms with Gasteiger partial charge in [-0.15, -0.1) is 0 Å². The summed E-state index contributed by atoms with van der Waals surface area (Å²) < 4.78 is 5.07. The average Bonchev–Trinajstić information content (AvgIpc) is 2.74. The van der Waals surface area contributed by atoms with Crippen molar-refractivity contribution >= 4 is 17.2 Å². The predicted molar refractivity (Wildman–Crippen MR) is 49.8 cm³/mol. The number of furan rings is 1. The molecule has 0 aromatic carbocycles. The van der Waals surface area contributed by atoms with Gasteiger partial charge in [-0.25, -0.2) is 0 Å². The lowest BCUT2D eigenvalue weighted by atomic mass is 10.4. The van der Waals surface area contributed by atoms with Crippen LogP contribution in [0.2, 0.25) is 0 Å². The second kappa shape index (κ2) is 3.45. The molecule has 62 valence electrons. The molecule has 0 aliphatic rings. The van der Waals surface area contributed by atoms with Crippen LogP contribution >= 0.6 is 11.3 Å². The summed E-state index contributed by atoms with van der Waals surface area (Å²) in [5.74, 6) is 0.698. The van der Waals surface area contributed by atoms with Crippen LogP contribution in [0.25, 0.3) is 5.32 Å². The quantitative estimate of drug-likeness (QED) is 0.706. The zero-order valence-electron chi connectivity index (χ0n) is 6.43. The number of hydrogen-bond acceptors (Lipinski definition) is 2. The molecule has 2 aromatic heterocycles. The largest absolute Gasteiger partial charge is 0.649 e. The first-order valence-electron chi connectivity index (χ1n) is 3.68. The van der Waals surface area contributed by atoms with Crippen molar-refractivity contribution in [1.29, 1.82) is 0 Å². The second-order valence-electron chi connectivity index (χ2n) is 2.35. The van der Waals surface area contributed by atoms with Crippen molar-refractivity contribution < 1.29 is 4.42 Å². The van der Waals surface area contributed by atoms with Crippen LogP contribution in [0.4, 0.5) is 5.88 Å². The van der Waals surface area contributed by atoms with Crippen LogP contribution in [-0.2, 0) is 6.54 Å². The van der Waals surface area contributed by atoms with Crippen molar-refractivity contribution in [1.82, 2.24) is 0 Å². The van der Waals surface area contributed by atoms with E-state index in [0.717, 1.165) is 0 Å². The maximum Gasteiger partial charge on any atom is 0.0883 e. The molecule has 0 N–H and O–H groups in total. The van der Waals surface area contributed by atoms with Crippen LogP contribution in [0.1, 0.15) is 4.88 Å². The van der Waals surface area contributed by atoms with Crippen LogP contribution in [0, 0.1) is 0 Å². The van der Waals surface area contributed by atoms with Gasteiger partial charge in [-0.2, -0.15) is 11.3 Å². The molecule has 12 heavy (non-hydrogen) atoms. The van der Waals surface area contributed by atoms with E-state index in [1.54, 1.807) is 17.6 Å². The number of hydrogen-bond donors (Lipinski definition) is 0. The van der Waals surface area contributed by atoms with E-state index in [4.69, 9.17) is 4.42 Å². The molecule has 0 spiro atoms. The Labute approximate surface area is 74.8 Å². The molecule has 0 fully saturated rings. The third-order valence-corrected chi connectivity index (χ3v) is 2.34. The topological polar surface area (TPSA) is 27.2 Å². The summed E-state index contributed by atoms with van der Waals surface area (Å²) in [6.07, 6.45) is 1.63. The summed E-state index contributed by atoms with van der Waals surface area (Å²) in [6.45, 7) is 0.713. The minimum absolute atomic E-state index is 0.698. The number of rotatable bonds is 3. The highest BCUT2D eigenvalue weighted by atomic mass is 32.1. The number of thiophene rings is 1. The van der Waals surface area contributed by atoms with Gasteiger partial charge in [0.25, 0.3) is 0 Å². The molecule has 2 nitrogen and oxygen atoms in total. The van der Waals surface area contributed by atoms with E-state index in [2.05, 4.69) is 11.4 Å². The first-order valence-corrected chi connectivity index (χ1v) is 4.56. The van der Waals surface area contributed by atoms with Gasteiger partial charge < -0.3 is 9.73 Å². The lowest BCUT2D eigenvalue weighted by molar-refractivity contribution is 0.586. The van der Waals surface area contributed by atoms with Crippen LogP contribution in [0.5, 0.6) is 0 Å². The molecule has 3 heteroatoms. The van der Waals surface area contributed by atoms with Crippen molar-refractivity contribution in [3.8, 4) is 0 Å². The molecule has 0 unspecified atom stereocenters. The monoisotopic (exact) mass is 178 g/mol. The Morgan fingerprint density at radius 2 is 2.33 bits per heavy atom. The third kappa shape index (κ3) is 1.68. The Balaban J connectivity index is 1.91. The van der Waals surface area contributed by atoms with Crippen LogP contribution in [0.15, 0.2) is 40.3 Å². The van der Waals surface area contributed by atoms with Gasteiger partial charge in [0.2, 0.25) is 0 Å². The standard InChI is InChI=1S/C9H8NOS/c1-4-9(11-5-1)10-7-8-3-2-6-12-8/h1-6H,7H2/q-1. The second-order valence-corrected chi connectivity index (χ2v) is 3.38. The normalized spacial score (nSPS) is 10.0. The van der Waals surface area contributed by atoms with Gasteiger partial charge in [0.1, 0.15) is 0 Å². The van der Waals surface area contributed by atoms with Gasteiger partial charge in [-0.3, -0.25) is 0 Å². The highest BCUT2D eigenvalue weighted by Crippen LogP contribution is 2.22. The van der Waals surface area contributed by atoms with Crippen LogP contribution < -0.4 is 0 Å². The Bertz CT molecular complexity index is 278. The lowest BCUT2D eigenvalue weighted by Crippen LogP contribution is -1.72. The number of nitrogens with zero attached hydrogens (tertiary/aromatic N) is 1. The minimum Gasteiger partial charge on any atom is -0.649 e. The van der Waals surface area contributed by atoms with Crippen molar-refractivity contribution in [3.63, 3.8) is 0 Å².